The Hall–Kier alpha value is -3.02. The van der Waals surface area contributed by atoms with Crippen molar-refractivity contribution in [2.24, 2.45) is 10.2 Å². The summed E-state index contributed by atoms with van der Waals surface area (Å²) in [6.45, 7) is 4.63. The van der Waals surface area contributed by atoms with Crippen molar-refractivity contribution in [3.63, 3.8) is 0 Å². The van der Waals surface area contributed by atoms with Crippen LogP contribution >= 0.6 is 0 Å². The highest BCUT2D eigenvalue weighted by Crippen LogP contribution is 2.39. The molecular weight excluding hydrogens is 316 g/mol. The maximum absolute atomic E-state index is 12.2. The average Bonchev–Trinajstić information content (AvgIpc) is 2.89. The maximum atomic E-state index is 12.2. The lowest BCUT2D eigenvalue weighted by molar-refractivity contribution is 0.0994. The Kier molecular flexibility index (Phi) is 4.88. The minimum Gasteiger partial charge on any atom is -0.493 e. The number of pyridine rings is 1. The van der Waals surface area contributed by atoms with Crippen molar-refractivity contribution in [2.75, 3.05) is 0 Å². The van der Waals surface area contributed by atoms with Crippen LogP contribution in [0.5, 0.6) is 5.88 Å². The summed E-state index contributed by atoms with van der Waals surface area (Å²) in [4.78, 5) is 16.3. The monoisotopic (exact) mass is 336 g/mol. The third kappa shape index (κ3) is 3.42. The smallest absolute Gasteiger partial charge is 0.296 e. The molecule has 0 atom stereocenters. The first kappa shape index (κ1) is 16.8. The normalized spacial score (nSPS) is 11.4. The lowest BCUT2D eigenvalue weighted by Gasteiger charge is -2.05. The van der Waals surface area contributed by atoms with Gasteiger partial charge in [-0.25, -0.2) is 0 Å². The van der Waals surface area contributed by atoms with Gasteiger partial charge < -0.3 is 9.67 Å². The summed E-state index contributed by atoms with van der Waals surface area (Å²) in [5.74, 6) is -0.453. The molecule has 6 nitrogen and oxygen atoms in total. The van der Waals surface area contributed by atoms with Crippen molar-refractivity contribution < 1.29 is 9.90 Å². The molecule has 6 heteroatoms. The molecule has 0 spiro atoms. The molecule has 2 heterocycles. The Balaban J connectivity index is 1.96. The molecule has 0 aliphatic rings. The van der Waals surface area contributed by atoms with Gasteiger partial charge in [0.25, 0.3) is 5.91 Å². The van der Waals surface area contributed by atoms with Crippen LogP contribution in [0.15, 0.2) is 52.8 Å². The van der Waals surface area contributed by atoms with Gasteiger partial charge in [0, 0.05) is 23.8 Å². The van der Waals surface area contributed by atoms with Gasteiger partial charge in [0.05, 0.1) is 11.1 Å². The molecule has 1 N–H and O–H groups in total. The molecule has 3 aromatic rings. The Labute approximate surface area is 145 Å². The molecule has 0 saturated heterocycles. The van der Waals surface area contributed by atoms with Crippen LogP contribution in [0.4, 0.5) is 5.69 Å². The minimum absolute atomic E-state index is 0.0354. The van der Waals surface area contributed by atoms with E-state index in [1.54, 1.807) is 12.1 Å². The molecule has 0 aliphatic heterocycles. The van der Waals surface area contributed by atoms with Gasteiger partial charge in [-0.15, -0.1) is 10.2 Å². The van der Waals surface area contributed by atoms with E-state index in [-0.39, 0.29) is 5.88 Å². The second-order valence-corrected chi connectivity index (χ2v) is 5.89. The molecule has 0 aliphatic carbocycles. The molecule has 0 radical (unpaired) electrons. The van der Waals surface area contributed by atoms with Crippen LogP contribution in [-0.4, -0.2) is 20.6 Å². The maximum Gasteiger partial charge on any atom is 0.296 e. The molecule has 0 unspecified atom stereocenters. The lowest BCUT2D eigenvalue weighted by Crippen LogP contribution is -1.96. The van der Waals surface area contributed by atoms with Gasteiger partial charge >= 0.3 is 0 Å². The number of aromatic nitrogens is 2. The molecule has 1 amide bonds. The van der Waals surface area contributed by atoms with Crippen molar-refractivity contribution in [2.45, 2.75) is 33.2 Å². The number of hydrogen-bond donors (Lipinski definition) is 1. The predicted molar refractivity (Wildman–Crippen MR) is 96.3 cm³/mol. The van der Waals surface area contributed by atoms with Gasteiger partial charge in [-0.3, -0.25) is 9.78 Å². The molecular formula is C19H20N4O2. The first-order valence-electron chi connectivity index (χ1n) is 8.30. The number of benzene rings is 1. The number of amides is 1. The third-order valence-electron chi connectivity index (χ3n) is 4.05. The summed E-state index contributed by atoms with van der Waals surface area (Å²) < 4.78 is 1.81. The molecule has 128 valence electrons. The van der Waals surface area contributed by atoms with Crippen LogP contribution < -0.4 is 0 Å². The van der Waals surface area contributed by atoms with Crippen LogP contribution in [0.3, 0.4) is 0 Å². The summed E-state index contributed by atoms with van der Waals surface area (Å²) in [6.07, 6.45) is 3.43. The SMILES string of the molecule is CCCCn1c(O)c(N=NC(=O)c2ccc(C)nc2)c2ccccc21. The summed E-state index contributed by atoms with van der Waals surface area (Å²) in [7, 11) is 0. The zero-order valence-electron chi connectivity index (χ0n) is 14.3. The number of azo groups is 1. The zero-order chi connectivity index (χ0) is 17.8. The molecule has 0 bridgehead atoms. The van der Waals surface area contributed by atoms with Crippen molar-refractivity contribution in [1.29, 1.82) is 0 Å². The number of aryl methyl sites for hydroxylation is 2. The summed E-state index contributed by atoms with van der Waals surface area (Å²) in [5, 5.41) is 19.1. The fourth-order valence-electron chi connectivity index (χ4n) is 2.66. The molecule has 25 heavy (non-hydrogen) atoms. The summed E-state index contributed by atoms with van der Waals surface area (Å²) in [5.41, 5.74) is 2.39. The highest BCUT2D eigenvalue weighted by molar-refractivity contribution is 5.97. The number of hydrogen-bond acceptors (Lipinski definition) is 4. The number of unbranched alkanes of at least 4 members (excludes halogenated alkanes) is 1. The van der Waals surface area contributed by atoms with Gasteiger partial charge in [0.1, 0.15) is 0 Å². The van der Waals surface area contributed by atoms with Gasteiger partial charge in [-0.1, -0.05) is 31.5 Å². The van der Waals surface area contributed by atoms with E-state index >= 15 is 0 Å². The van der Waals surface area contributed by atoms with E-state index in [9.17, 15) is 9.90 Å². The molecule has 1 aromatic carbocycles. The highest BCUT2D eigenvalue weighted by atomic mass is 16.3. The van der Waals surface area contributed by atoms with Crippen LogP contribution in [-0.2, 0) is 6.54 Å². The predicted octanol–water partition coefficient (Wildman–Crippen LogP) is 4.77. The van der Waals surface area contributed by atoms with E-state index in [2.05, 4.69) is 22.1 Å². The Bertz CT molecular complexity index is 926. The first-order chi connectivity index (χ1) is 12.1. The van der Waals surface area contributed by atoms with E-state index in [1.165, 1.54) is 6.20 Å². The summed E-state index contributed by atoms with van der Waals surface area (Å²) >= 11 is 0. The van der Waals surface area contributed by atoms with Crippen molar-refractivity contribution in [3.8, 4) is 5.88 Å². The number of nitrogens with zero attached hydrogens (tertiary/aromatic N) is 4. The van der Waals surface area contributed by atoms with Crippen LogP contribution in [0.25, 0.3) is 10.9 Å². The molecule has 0 saturated carbocycles. The number of fused-ring (bicyclic) bond motifs is 1. The van der Waals surface area contributed by atoms with Gasteiger partial charge in [0.15, 0.2) is 5.69 Å². The number of aromatic hydroxyl groups is 1. The number of carbonyl (C=O) groups excluding carboxylic acids is 1. The lowest BCUT2D eigenvalue weighted by atomic mass is 10.2. The molecule has 0 fully saturated rings. The number of carbonyl (C=O) groups is 1. The van der Waals surface area contributed by atoms with Crippen LogP contribution in [0, 0.1) is 6.92 Å². The zero-order valence-corrected chi connectivity index (χ0v) is 14.3. The molecule has 2 aromatic heterocycles. The van der Waals surface area contributed by atoms with Crippen molar-refractivity contribution in [1.82, 2.24) is 9.55 Å². The van der Waals surface area contributed by atoms with Crippen LogP contribution in [0.1, 0.15) is 35.8 Å². The Morgan fingerprint density at radius 2 is 2.04 bits per heavy atom. The molecule has 3 rings (SSSR count). The average molecular weight is 336 g/mol. The fraction of sp³-hybridized carbons (Fsp3) is 0.263. The van der Waals surface area contributed by atoms with E-state index in [1.807, 2.05) is 35.8 Å². The standard InChI is InChI=1S/C19H20N4O2/c1-3-4-11-23-16-8-6-5-7-15(16)17(19(23)25)21-22-18(24)14-10-9-13(2)20-12-14/h5-10,12,25H,3-4,11H2,1-2H3. The van der Waals surface area contributed by atoms with Gasteiger partial charge in [0.2, 0.25) is 5.88 Å². The summed E-state index contributed by atoms with van der Waals surface area (Å²) in [6, 6.07) is 11.0. The largest absolute Gasteiger partial charge is 0.493 e. The Morgan fingerprint density at radius 3 is 2.76 bits per heavy atom. The van der Waals surface area contributed by atoms with Crippen molar-refractivity contribution in [3.05, 3.63) is 53.9 Å². The van der Waals surface area contributed by atoms with E-state index in [0.717, 1.165) is 29.4 Å². The number of rotatable bonds is 5. The number of para-hydroxylation sites is 1. The minimum atomic E-state index is -0.489. The second-order valence-electron chi connectivity index (χ2n) is 5.89. The topological polar surface area (TPSA) is 79.8 Å². The Morgan fingerprint density at radius 1 is 1.24 bits per heavy atom. The second kappa shape index (κ2) is 7.25. The quantitative estimate of drug-likeness (QED) is 0.681. The van der Waals surface area contributed by atoms with E-state index in [4.69, 9.17) is 0 Å². The van der Waals surface area contributed by atoms with Crippen LogP contribution in [0.2, 0.25) is 0 Å². The van der Waals surface area contributed by atoms with E-state index < -0.39 is 5.91 Å². The van der Waals surface area contributed by atoms with E-state index in [0.29, 0.717) is 17.8 Å². The van der Waals surface area contributed by atoms with Gasteiger partial charge in [-0.05, 0) is 31.5 Å². The van der Waals surface area contributed by atoms with Crippen molar-refractivity contribution >= 4 is 22.5 Å². The third-order valence-corrected chi connectivity index (χ3v) is 4.05. The first-order valence-corrected chi connectivity index (χ1v) is 8.30. The fourth-order valence-corrected chi connectivity index (χ4v) is 2.66. The highest BCUT2D eigenvalue weighted by Gasteiger charge is 2.16. The van der Waals surface area contributed by atoms with Gasteiger partial charge in [-0.2, -0.15) is 0 Å².